The summed E-state index contributed by atoms with van der Waals surface area (Å²) < 4.78 is 44.6. The van der Waals surface area contributed by atoms with Crippen LogP contribution in [0.1, 0.15) is 11.1 Å². The lowest BCUT2D eigenvalue weighted by Gasteiger charge is -2.02. The highest BCUT2D eigenvalue weighted by Crippen LogP contribution is 2.20. The van der Waals surface area contributed by atoms with Gasteiger partial charge in [-0.1, -0.05) is 46.4 Å². The van der Waals surface area contributed by atoms with Gasteiger partial charge in [0.15, 0.2) is 0 Å². The van der Waals surface area contributed by atoms with Crippen molar-refractivity contribution >= 4 is 76.3 Å². The Morgan fingerprint density at radius 3 is 1.62 bits per heavy atom. The van der Waals surface area contributed by atoms with Gasteiger partial charge in [0.2, 0.25) is 9.05 Å². The lowest BCUT2D eigenvalue weighted by Crippen LogP contribution is -2.02. The monoisotopic (exact) mass is 546 g/mol. The fourth-order valence-electron chi connectivity index (χ4n) is 1.26. The summed E-state index contributed by atoms with van der Waals surface area (Å²) in [6.45, 7) is -0.160. The minimum atomic E-state index is -3.45. The van der Waals surface area contributed by atoms with Crippen LogP contribution in [0.5, 0.6) is 0 Å². The molecule has 0 aliphatic rings. The molecule has 2 heterocycles. The van der Waals surface area contributed by atoms with E-state index in [0.29, 0.717) is 16.1 Å². The molecule has 15 heteroatoms. The van der Waals surface area contributed by atoms with E-state index in [9.17, 15) is 16.8 Å². The van der Waals surface area contributed by atoms with Gasteiger partial charge in [-0.2, -0.15) is 8.42 Å². The number of rotatable bonds is 4. The Morgan fingerprint density at radius 1 is 0.897 bits per heavy atom. The van der Waals surface area contributed by atoms with Crippen molar-refractivity contribution in [2.75, 3.05) is 12.5 Å². The maximum absolute atomic E-state index is 10.7. The predicted molar refractivity (Wildman–Crippen MR) is 115 cm³/mol. The van der Waals surface area contributed by atoms with Crippen molar-refractivity contribution in [1.29, 1.82) is 0 Å². The van der Waals surface area contributed by atoms with E-state index < -0.39 is 19.2 Å². The van der Waals surface area contributed by atoms with Crippen LogP contribution in [0.3, 0.4) is 0 Å². The zero-order valence-corrected chi connectivity index (χ0v) is 20.2. The molecule has 0 aromatic carbocycles. The molecule has 0 unspecified atom stereocenters. The molecule has 0 aliphatic carbocycles. The molecule has 0 saturated heterocycles. The number of halogens is 5. The number of aliphatic hydroxyl groups is 1. The number of nitrogens with zero attached hydrogens (tertiary/aromatic N) is 2. The number of pyridine rings is 2. The van der Waals surface area contributed by atoms with Gasteiger partial charge < -0.3 is 5.11 Å². The summed E-state index contributed by atoms with van der Waals surface area (Å²) in [5.74, 6) is 0. The second kappa shape index (κ2) is 13.1. The average molecular weight is 549 g/mol. The van der Waals surface area contributed by atoms with Crippen LogP contribution in [0, 0.1) is 0 Å². The first-order chi connectivity index (χ1) is 13.1. The van der Waals surface area contributed by atoms with E-state index in [-0.39, 0.29) is 28.5 Å². The van der Waals surface area contributed by atoms with Gasteiger partial charge in [-0.05, 0) is 23.3 Å². The number of aliphatic hydroxyl groups excluding tert-OH is 1. The van der Waals surface area contributed by atoms with E-state index in [4.69, 9.17) is 51.5 Å². The van der Waals surface area contributed by atoms with E-state index in [1.165, 1.54) is 18.5 Å². The molecule has 2 aromatic heterocycles. The Labute approximate surface area is 193 Å². The Hall–Kier alpha value is -0.430. The highest BCUT2D eigenvalue weighted by molar-refractivity contribution is 8.13. The summed E-state index contributed by atoms with van der Waals surface area (Å²) in [5.41, 5.74) is 1.21. The minimum absolute atomic E-state index is 0.0656. The van der Waals surface area contributed by atoms with Crippen molar-refractivity contribution in [3.05, 3.63) is 56.0 Å². The summed E-state index contributed by atoms with van der Waals surface area (Å²) in [4.78, 5) is 7.46. The Balaban J connectivity index is 0.000000455. The van der Waals surface area contributed by atoms with Crippen LogP contribution in [0.4, 0.5) is 0 Å². The Bertz CT molecular complexity index is 1010. The molecule has 0 fully saturated rings. The predicted octanol–water partition coefficient (Wildman–Crippen LogP) is 3.93. The molecule has 2 rings (SSSR count). The molecule has 2 aromatic rings. The SMILES string of the molecule is CS(=O)(=O)Cl.CS(=O)(=O)OCc1cnc(Cl)c(Cl)c1.OCc1cnc(Cl)c(Cl)c1. The van der Waals surface area contributed by atoms with Crippen molar-refractivity contribution < 1.29 is 26.1 Å². The molecular weight excluding hydrogens is 534 g/mol. The van der Waals surface area contributed by atoms with Gasteiger partial charge in [-0.15, -0.1) is 0 Å². The zero-order chi connectivity index (χ0) is 22.8. The molecule has 1 N–H and O–H groups in total. The number of aromatic nitrogens is 2. The van der Waals surface area contributed by atoms with Gasteiger partial charge in [-0.25, -0.2) is 18.4 Å². The smallest absolute Gasteiger partial charge is 0.264 e. The molecular formula is C14H15Cl5N2O6S2. The topological polar surface area (TPSA) is 124 Å². The average Bonchev–Trinajstić information content (AvgIpc) is 2.57. The van der Waals surface area contributed by atoms with Crippen molar-refractivity contribution in [2.24, 2.45) is 0 Å². The van der Waals surface area contributed by atoms with E-state index in [1.54, 1.807) is 6.07 Å². The normalized spacial score (nSPS) is 11.0. The summed E-state index contributed by atoms with van der Waals surface area (Å²) in [6, 6.07) is 3.08. The van der Waals surface area contributed by atoms with Gasteiger partial charge in [0.25, 0.3) is 10.1 Å². The van der Waals surface area contributed by atoms with Crippen LogP contribution < -0.4 is 0 Å². The highest BCUT2D eigenvalue weighted by Gasteiger charge is 2.05. The fourth-order valence-corrected chi connectivity index (χ4v) is 2.20. The maximum Gasteiger partial charge on any atom is 0.264 e. The van der Waals surface area contributed by atoms with Crippen LogP contribution in [0.25, 0.3) is 0 Å². The van der Waals surface area contributed by atoms with Gasteiger partial charge in [0.1, 0.15) is 10.3 Å². The van der Waals surface area contributed by atoms with Crippen molar-refractivity contribution in [2.45, 2.75) is 13.2 Å². The third kappa shape index (κ3) is 16.0. The zero-order valence-electron chi connectivity index (χ0n) is 14.8. The maximum atomic E-state index is 10.7. The quantitative estimate of drug-likeness (QED) is 0.346. The second-order valence-corrected chi connectivity index (χ2v) is 11.3. The first kappa shape index (κ1) is 28.6. The standard InChI is InChI=1S/C7H7Cl2NO3S.C6H5Cl2NO.CH3ClO2S/c1-14(11,12)13-4-5-2-6(8)7(9)10-3-5;7-5-1-4(3-10)2-9-6(5)8;1-5(2,3)4/h2-3H,4H2,1H3;1-2,10H,3H2;1H3. The van der Waals surface area contributed by atoms with Crippen molar-refractivity contribution in [3.63, 3.8) is 0 Å². The Kier molecular flexibility index (Phi) is 12.9. The van der Waals surface area contributed by atoms with Gasteiger partial charge >= 0.3 is 0 Å². The lowest BCUT2D eigenvalue weighted by atomic mass is 10.3. The largest absolute Gasteiger partial charge is 0.392 e. The summed E-state index contributed by atoms with van der Waals surface area (Å²) in [6.07, 6.45) is 4.78. The molecule has 0 radical (unpaired) electrons. The second-order valence-electron chi connectivity index (χ2n) is 5.04. The van der Waals surface area contributed by atoms with Crippen LogP contribution >= 0.6 is 57.1 Å². The fraction of sp³-hybridized carbons (Fsp3) is 0.286. The van der Waals surface area contributed by atoms with Crippen LogP contribution in [0.2, 0.25) is 20.4 Å². The molecule has 164 valence electrons. The van der Waals surface area contributed by atoms with E-state index in [0.717, 1.165) is 12.5 Å². The first-order valence-electron chi connectivity index (χ1n) is 7.07. The summed E-state index contributed by atoms with van der Waals surface area (Å²) in [7, 11) is -2.14. The Morgan fingerprint density at radius 2 is 1.28 bits per heavy atom. The molecule has 0 bridgehead atoms. The van der Waals surface area contributed by atoms with Gasteiger partial charge in [0.05, 0.1) is 35.8 Å². The van der Waals surface area contributed by atoms with Crippen LogP contribution in [-0.4, -0.2) is 44.4 Å². The number of hydrogen-bond donors (Lipinski definition) is 1. The molecule has 0 saturated carbocycles. The third-order valence-electron chi connectivity index (χ3n) is 2.33. The molecule has 0 aliphatic heterocycles. The number of hydrogen-bond acceptors (Lipinski definition) is 8. The van der Waals surface area contributed by atoms with E-state index in [2.05, 4.69) is 24.8 Å². The van der Waals surface area contributed by atoms with Gasteiger partial charge in [0, 0.05) is 23.1 Å². The van der Waals surface area contributed by atoms with Crippen molar-refractivity contribution in [1.82, 2.24) is 9.97 Å². The van der Waals surface area contributed by atoms with E-state index in [1.807, 2.05) is 0 Å². The molecule has 0 atom stereocenters. The third-order valence-corrected chi connectivity index (χ3v) is 4.25. The summed E-state index contributed by atoms with van der Waals surface area (Å²) in [5, 5.41) is 9.68. The van der Waals surface area contributed by atoms with Gasteiger partial charge in [-0.3, -0.25) is 4.18 Å². The lowest BCUT2D eigenvalue weighted by molar-refractivity contribution is 0.281. The molecule has 0 spiro atoms. The van der Waals surface area contributed by atoms with Crippen LogP contribution in [0.15, 0.2) is 24.5 Å². The minimum Gasteiger partial charge on any atom is -0.392 e. The molecule has 29 heavy (non-hydrogen) atoms. The van der Waals surface area contributed by atoms with Crippen molar-refractivity contribution in [3.8, 4) is 0 Å². The first-order valence-corrected chi connectivity index (χ1v) is 13.1. The summed E-state index contributed by atoms with van der Waals surface area (Å²) >= 11 is 22.3. The molecule has 0 amide bonds. The highest BCUT2D eigenvalue weighted by atomic mass is 35.7. The van der Waals surface area contributed by atoms with Crippen LogP contribution in [-0.2, 0) is 36.6 Å². The molecule has 8 nitrogen and oxygen atoms in total. The van der Waals surface area contributed by atoms with E-state index >= 15 is 0 Å².